The first-order chi connectivity index (χ1) is 7.19. The fraction of sp³-hybridized carbons (Fsp3) is 0.500. The van der Waals surface area contributed by atoms with Gasteiger partial charge in [-0.2, -0.15) is 0 Å². The number of nitrogens with two attached hydrogens (primary N) is 1. The van der Waals surface area contributed by atoms with Gasteiger partial charge in [0.2, 0.25) is 0 Å². The maximum Gasteiger partial charge on any atom is 0.119 e. The van der Waals surface area contributed by atoms with Crippen molar-refractivity contribution in [2.45, 2.75) is 32.2 Å². The molecule has 1 unspecified atom stereocenters. The zero-order valence-corrected chi connectivity index (χ0v) is 10.9. The average molecular weight is 272 g/mol. The molecule has 0 amide bonds. The van der Waals surface area contributed by atoms with Crippen LogP contribution in [0.2, 0.25) is 0 Å². The van der Waals surface area contributed by atoms with E-state index in [1.165, 1.54) is 6.42 Å². The number of methoxy groups -OCH3 is 1. The van der Waals surface area contributed by atoms with Crippen molar-refractivity contribution in [3.05, 3.63) is 28.2 Å². The molecule has 84 valence electrons. The molecular formula is C12H18BrNO. The molecule has 0 aliphatic rings. The molecule has 0 spiro atoms. The monoisotopic (exact) mass is 271 g/mol. The second-order valence-corrected chi connectivity index (χ2v) is 4.49. The van der Waals surface area contributed by atoms with Crippen LogP contribution in [0.3, 0.4) is 0 Å². The van der Waals surface area contributed by atoms with E-state index in [2.05, 4.69) is 22.9 Å². The summed E-state index contributed by atoms with van der Waals surface area (Å²) in [6.07, 6.45) is 3.35. The highest BCUT2D eigenvalue weighted by Crippen LogP contribution is 2.28. The van der Waals surface area contributed by atoms with Gasteiger partial charge in [-0.1, -0.05) is 35.7 Å². The third-order valence-corrected chi connectivity index (χ3v) is 3.19. The molecule has 0 aliphatic heterocycles. The van der Waals surface area contributed by atoms with Crippen molar-refractivity contribution in [3.63, 3.8) is 0 Å². The predicted octanol–water partition coefficient (Wildman–Crippen LogP) is 3.65. The third kappa shape index (κ3) is 3.50. The summed E-state index contributed by atoms with van der Waals surface area (Å²) in [5.41, 5.74) is 7.25. The number of hydrogen-bond donors (Lipinski definition) is 1. The van der Waals surface area contributed by atoms with Gasteiger partial charge >= 0.3 is 0 Å². The molecule has 0 saturated carbocycles. The predicted molar refractivity (Wildman–Crippen MR) is 67.1 cm³/mol. The Labute approximate surface area is 99.9 Å². The van der Waals surface area contributed by atoms with Crippen molar-refractivity contribution in [3.8, 4) is 5.75 Å². The quantitative estimate of drug-likeness (QED) is 0.888. The molecule has 0 bridgehead atoms. The Morgan fingerprint density at radius 1 is 1.47 bits per heavy atom. The topological polar surface area (TPSA) is 35.2 Å². The van der Waals surface area contributed by atoms with Crippen molar-refractivity contribution in [2.24, 2.45) is 5.73 Å². The van der Waals surface area contributed by atoms with E-state index in [4.69, 9.17) is 10.5 Å². The van der Waals surface area contributed by atoms with E-state index >= 15 is 0 Å². The van der Waals surface area contributed by atoms with Gasteiger partial charge < -0.3 is 10.5 Å². The van der Waals surface area contributed by atoms with Gasteiger partial charge in [0.05, 0.1) is 7.11 Å². The molecule has 0 aliphatic carbocycles. The molecule has 0 saturated heterocycles. The highest BCUT2D eigenvalue weighted by Gasteiger charge is 2.10. The van der Waals surface area contributed by atoms with Gasteiger partial charge in [-0.15, -0.1) is 0 Å². The summed E-state index contributed by atoms with van der Waals surface area (Å²) >= 11 is 3.52. The van der Waals surface area contributed by atoms with Crippen LogP contribution in [0.1, 0.15) is 37.8 Å². The van der Waals surface area contributed by atoms with Crippen molar-refractivity contribution in [1.29, 1.82) is 0 Å². The minimum atomic E-state index is 0.0921. The smallest absolute Gasteiger partial charge is 0.119 e. The lowest BCUT2D eigenvalue weighted by Gasteiger charge is -2.14. The zero-order valence-electron chi connectivity index (χ0n) is 9.29. The van der Waals surface area contributed by atoms with Gasteiger partial charge in [0.15, 0.2) is 0 Å². The second-order valence-electron chi connectivity index (χ2n) is 3.64. The number of hydrogen-bond acceptors (Lipinski definition) is 2. The van der Waals surface area contributed by atoms with Crippen LogP contribution in [-0.2, 0) is 0 Å². The highest BCUT2D eigenvalue weighted by molar-refractivity contribution is 9.10. The van der Waals surface area contributed by atoms with E-state index in [9.17, 15) is 0 Å². The first kappa shape index (κ1) is 12.5. The Morgan fingerprint density at radius 2 is 2.20 bits per heavy atom. The van der Waals surface area contributed by atoms with Crippen LogP contribution in [-0.4, -0.2) is 7.11 Å². The first-order valence-corrected chi connectivity index (χ1v) is 6.07. The SMILES string of the molecule is CCCCC(N)c1cc(OC)ccc1Br. The van der Waals surface area contributed by atoms with Crippen LogP contribution in [0, 0.1) is 0 Å². The number of halogens is 1. The van der Waals surface area contributed by atoms with Crippen molar-refractivity contribution in [1.82, 2.24) is 0 Å². The van der Waals surface area contributed by atoms with Gasteiger partial charge in [-0.3, -0.25) is 0 Å². The summed E-state index contributed by atoms with van der Waals surface area (Å²) in [6.45, 7) is 2.17. The summed E-state index contributed by atoms with van der Waals surface area (Å²) in [7, 11) is 1.67. The minimum Gasteiger partial charge on any atom is -0.497 e. The van der Waals surface area contributed by atoms with Gasteiger partial charge in [0.1, 0.15) is 5.75 Å². The number of ether oxygens (including phenoxy) is 1. The van der Waals surface area contributed by atoms with Crippen LogP contribution in [0.15, 0.2) is 22.7 Å². The Bertz CT molecular complexity index is 314. The highest BCUT2D eigenvalue weighted by atomic mass is 79.9. The Balaban J connectivity index is 2.81. The van der Waals surface area contributed by atoms with E-state index in [0.29, 0.717) is 0 Å². The average Bonchev–Trinajstić information content (AvgIpc) is 2.26. The lowest BCUT2D eigenvalue weighted by Crippen LogP contribution is -2.10. The first-order valence-electron chi connectivity index (χ1n) is 5.28. The Hall–Kier alpha value is -0.540. The lowest BCUT2D eigenvalue weighted by molar-refractivity contribution is 0.413. The number of benzene rings is 1. The number of rotatable bonds is 5. The molecule has 1 atom stereocenters. The molecule has 1 aromatic rings. The van der Waals surface area contributed by atoms with Gasteiger partial charge in [-0.05, 0) is 30.2 Å². The Kier molecular flexibility index (Phi) is 5.12. The fourth-order valence-electron chi connectivity index (χ4n) is 1.51. The molecule has 2 N–H and O–H groups in total. The van der Waals surface area contributed by atoms with Gasteiger partial charge in [-0.25, -0.2) is 0 Å². The van der Waals surface area contributed by atoms with E-state index in [1.807, 2.05) is 18.2 Å². The van der Waals surface area contributed by atoms with E-state index in [0.717, 1.165) is 28.6 Å². The molecule has 0 aromatic heterocycles. The molecule has 2 nitrogen and oxygen atoms in total. The van der Waals surface area contributed by atoms with E-state index in [1.54, 1.807) is 7.11 Å². The van der Waals surface area contributed by atoms with Crippen molar-refractivity contribution < 1.29 is 4.74 Å². The summed E-state index contributed by atoms with van der Waals surface area (Å²) < 4.78 is 6.25. The summed E-state index contributed by atoms with van der Waals surface area (Å²) in [6, 6.07) is 6.01. The molecule has 0 fully saturated rings. The third-order valence-electron chi connectivity index (χ3n) is 2.47. The molecule has 3 heteroatoms. The molecule has 1 aromatic carbocycles. The van der Waals surface area contributed by atoms with Crippen LogP contribution < -0.4 is 10.5 Å². The molecular weight excluding hydrogens is 254 g/mol. The lowest BCUT2D eigenvalue weighted by atomic mass is 10.0. The molecule has 0 heterocycles. The number of unbranched alkanes of at least 4 members (excludes halogenated alkanes) is 1. The fourth-order valence-corrected chi connectivity index (χ4v) is 2.05. The largest absolute Gasteiger partial charge is 0.497 e. The van der Waals surface area contributed by atoms with Crippen LogP contribution in [0.4, 0.5) is 0 Å². The van der Waals surface area contributed by atoms with E-state index in [-0.39, 0.29) is 6.04 Å². The normalized spacial score (nSPS) is 12.5. The molecule has 1 rings (SSSR count). The molecule has 0 radical (unpaired) electrons. The zero-order chi connectivity index (χ0) is 11.3. The molecule has 15 heavy (non-hydrogen) atoms. The maximum atomic E-state index is 6.12. The standard InChI is InChI=1S/C12H18BrNO/c1-3-4-5-12(14)10-8-9(15-2)6-7-11(10)13/h6-8,12H,3-5,14H2,1-2H3. The van der Waals surface area contributed by atoms with Gasteiger partial charge in [0, 0.05) is 10.5 Å². The van der Waals surface area contributed by atoms with Crippen molar-refractivity contribution >= 4 is 15.9 Å². The van der Waals surface area contributed by atoms with Crippen LogP contribution >= 0.6 is 15.9 Å². The second kappa shape index (κ2) is 6.13. The van der Waals surface area contributed by atoms with E-state index < -0.39 is 0 Å². The minimum absolute atomic E-state index is 0.0921. The maximum absolute atomic E-state index is 6.12. The van der Waals surface area contributed by atoms with Crippen LogP contribution in [0.25, 0.3) is 0 Å². The Morgan fingerprint density at radius 3 is 2.80 bits per heavy atom. The van der Waals surface area contributed by atoms with Crippen LogP contribution in [0.5, 0.6) is 5.75 Å². The summed E-state index contributed by atoms with van der Waals surface area (Å²) in [5.74, 6) is 0.861. The summed E-state index contributed by atoms with van der Waals surface area (Å²) in [5, 5.41) is 0. The van der Waals surface area contributed by atoms with Gasteiger partial charge in [0.25, 0.3) is 0 Å². The summed E-state index contributed by atoms with van der Waals surface area (Å²) in [4.78, 5) is 0. The van der Waals surface area contributed by atoms with Crippen molar-refractivity contribution in [2.75, 3.05) is 7.11 Å².